The highest BCUT2D eigenvalue weighted by Crippen LogP contribution is 1.88. The van der Waals surface area contributed by atoms with Crippen LogP contribution in [0.5, 0.6) is 0 Å². The van der Waals surface area contributed by atoms with Gasteiger partial charge in [-0.05, 0) is 14.1 Å². The molecule has 0 saturated heterocycles. The third kappa shape index (κ3) is 12.8. The molecule has 0 saturated carbocycles. The van der Waals surface area contributed by atoms with Crippen LogP contribution in [0, 0.1) is 0 Å². The van der Waals surface area contributed by atoms with Crippen molar-refractivity contribution >= 4 is 5.78 Å². The molecule has 0 N–H and O–H groups in total. The van der Waals surface area contributed by atoms with Gasteiger partial charge in [0.2, 0.25) is 0 Å². The molecule has 0 unspecified atom stereocenters. The molecule has 0 aromatic carbocycles. The van der Waals surface area contributed by atoms with Crippen LogP contribution in [0.15, 0.2) is 0 Å². The van der Waals surface area contributed by atoms with E-state index in [0.29, 0.717) is 18.6 Å². The molecule has 2 heteroatoms. The van der Waals surface area contributed by atoms with Crippen LogP contribution in [0.25, 0.3) is 0 Å². The van der Waals surface area contributed by atoms with Crippen LogP contribution < -0.4 is 0 Å². The summed E-state index contributed by atoms with van der Waals surface area (Å²) in [5.41, 5.74) is 0. The number of carbonyl (C=O) groups excluding carboxylic acids is 1. The lowest BCUT2D eigenvalue weighted by atomic mass is 10.2. The van der Waals surface area contributed by atoms with E-state index in [1.165, 1.54) is 0 Å². The number of nitrogens with zero attached hydrogens (tertiary/aromatic N) is 1. The van der Waals surface area contributed by atoms with Crippen LogP contribution in [0.1, 0.15) is 33.6 Å². The van der Waals surface area contributed by atoms with Gasteiger partial charge in [-0.25, -0.2) is 0 Å². The maximum absolute atomic E-state index is 10.7. The molecule has 2 nitrogen and oxygen atoms in total. The summed E-state index contributed by atoms with van der Waals surface area (Å²) in [6.45, 7) is 6.78. The minimum atomic E-state index is 0.351. The van der Waals surface area contributed by atoms with E-state index in [2.05, 4.69) is 0 Å². The van der Waals surface area contributed by atoms with Gasteiger partial charge in [-0.15, -0.1) is 0 Å². The van der Waals surface area contributed by atoms with Crippen LogP contribution in [0.4, 0.5) is 0 Å². The Morgan fingerprint density at radius 1 is 1.27 bits per heavy atom. The number of hydrogen-bond donors (Lipinski definition) is 0. The standard InChI is InChI=1S/C7H15NO.C2H6/c1-4-7(9)5-6-8(2)3;1-2/h4-6H2,1-3H3;1-2H3. The van der Waals surface area contributed by atoms with Gasteiger partial charge in [0.1, 0.15) is 5.78 Å². The van der Waals surface area contributed by atoms with Crippen molar-refractivity contribution in [1.82, 2.24) is 4.90 Å². The van der Waals surface area contributed by atoms with E-state index in [1.807, 2.05) is 39.8 Å². The van der Waals surface area contributed by atoms with Crippen molar-refractivity contribution < 1.29 is 4.79 Å². The summed E-state index contributed by atoms with van der Waals surface area (Å²) in [5, 5.41) is 0. The normalized spacial score (nSPS) is 8.91. The average Bonchev–Trinajstić information content (AvgIpc) is 2.04. The Balaban J connectivity index is 0. The first-order valence-corrected chi connectivity index (χ1v) is 4.33. The summed E-state index contributed by atoms with van der Waals surface area (Å²) < 4.78 is 0. The van der Waals surface area contributed by atoms with Crippen molar-refractivity contribution in [2.45, 2.75) is 33.6 Å². The van der Waals surface area contributed by atoms with Crippen molar-refractivity contribution in [2.75, 3.05) is 20.6 Å². The molecule has 0 bridgehead atoms. The second-order valence-electron chi connectivity index (χ2n) is 2.45. The van der Waals surface area contributed by atoms with Crippen molar-refractivity contribution in [3.8, 4) is 0 Å². The van der Waals surface area contributed by atoms with Crippen molar-refractivity contribution in [3.05, 3.63) is 0 Å². The van der Waals surface area contributed by atoms with Crippen molar-refractivity contribution in [2.24, 2.45) is 0 Å². The van der Waals surface area contributed by atoms with E-state index in [1.54, 1.807) is 0 Å². The van der Waals surface area contributed by atoms with Crippen molar-refractivity contribution in [1.29, 1.82) is 0 Å². The summed E-state index contributed by atoms with van der Waals surface area (Å²) in [4.78, 5) is 12.7. The summed E-state index contributed by atoms with van der Waals surface area (Å²) in [7, 11) is 3.95. The van der Waals surface area contributed by atoms with Gasteiger partial charge in [0.15, 0.2) is 0 Å². The second kappa shape index (κ2) is 9.63. The zero-order valence-corrected chi connectivity index (χ0v) is 8.48. The summed E-state index contributed by atoms with van der Waals surface area (Å²) in [6.07, 6.45) is 1.37. The Morgan fingerprint density at radius 2 is 1.73 bits per heavy atom. The average molecular weight is 159 g/mol. The first-order chi connectivity index (χ1) is 5.16. The summed E-state index contributed by atoms with van der Waals surface area (Å²) in [5.74, 6) is 0.351. The fraction of sp³-hybridized carbons (Fsp3) is 0.889. The fourth-order valence-electron chi connectivity index (χ4n) is 0.525. The van der Waals surface area contributed by atoms with Crippen LogP contribution in [-0.2, 0) is 4.79 Å². The van der Waals surface area contributed by atoms with E-state index in [0.717, 1.165) is 6.54 Å². The largest absolute Gasteiger partial charge is 0.309 e. The zero-order valence-electron chi connectivity index (χ0n) is 8.48. The molecule has 0 aliphatic rings. The number of Topliss-reactive ketones (excluding diaryl/α,β-unsaturated/α-hetero) is 1. The van der Waals surface area contributed by atoms with E-state index in [-0.39, 0.29) is 0 Å². The van der Waals surface area contributed by atoms with Crippen molar-refractivity contribution in [3.63, 3.8) is 0 Å². The highest BCUT2D eigenvalue weighted by molar-refractivity contribution is 5.78. The molecule has 0 heterocycles. The molecular formula is C9H21NO. The van der Waals surface area contributed by atoms with Crippen LogP contribution in [0.3, 0.4) is 0 Å². The minimum Gasteiger partial charge on any atom is -0.309 e. The number of rotatable bonds is 4. The Labute approximate surface area is 70.6 Å². The lowest BCUT2D eigenvalue weighted by molar-refractivity contribution is -0.118. The predicted octanol–water partition coefficient (Wildman–Crippen LogP) is 1.94. The molecule has 0 rings (SSSR count). The molecule has 0 spiro atoms. The first kappa shape index (κ1) is 13.2. The van der Waals surface area contributed by atoms with E-state index < -0.39 is 0 Å². The second-order valence-corrected chi connectivity index (χ2v) is 2.45. The SMILES string of the molecule is CC.CCC(=O)CCN(C)C. The number of ketones is 1. The zero-order chi connectivity index (χ0) is 9.28. The van der Waals surface area contributed by atoms with Gasteiger partial charge in [-0.3, -0.25) is 4.79 Å². The molecule has 0 fully saturated rings. The Kier molecular flexibility index (Phi) is 11.6. The van der Waals surface area contributed by atoms with Gasteiger partial charge < -0.3 is 4.90 Å². The monoisotopic (exact) mass is 159 g/mol. The third-order valence-electron chi connectivity index (χ3n) is 1.23. The molecule has 0 aromatic rings. The summed E-state index contributed by atoms with van der Waals surface area (Å²) >= 11 is 0. The highest BCUT2D eigenvalue weighted by Gasteiger charge is 1.97. The van der Waals surface area contributed by atoms with E-state index in [9.17, 15) is 4.79 Å². The molecule has 0 amide bonds. The molecule has 0 aliphatic carbocycles. The van der Waals surface area contributed by atoms with Gasteiger partial charge in [0, 0.05) is 19.4 Å². The van der Waals surface area contributed by atoms with Gasteiger partial charge in [0.25, 0.3) is 0 Å². The van der Waals surface area contributed by atoms with Crippen LogP contribution >= 0.6 is 0 Å². The van der Waals surface area contributed by atoms with Crippen LogP contribution in [-0.4, -0.2) is 31.3 Å². The molecular weight excluding hydrogens is 138 g/mol. The molecule has 11 heavy (non-hydrogen) atoms. The lowest BCUT2D eigenvalue weighted by Gasteiger charge is -2.06. The van der Waals surface area contributed by atoms with E-state index >= 15 is 0 Å². The maximum atomic E-state index is 10.7. The molecule has 68 valence electrons. The van der Waals surface area contributed by atoms with Gasteiger partial charge in [-0.1, -0.05) is 20.8 Å². The number of carbonyl (C=O) groups is 1. The third-order valence-corrected chi connectivity index (χ3v) is 1.23. The maximum Gasteiger partial charge on any atom is 0.133 e. The Morgan fingerprint density at radius 3 is 2.00 bits per heavy atom. The lowest BCUT2D eigenvalue weighted by Crippen LogP contribution is -2.15. The smallest absolute Gasteiger partial charge is 0.133 e. The molecule has 0 radical (unpaired) electrons. The Bertz CT molecular complexity index is 89.6. The van der Waals surface area contributed by atoms with E-state index in [4.69, 9.17) is 0 Å². The van der Waals surface area contributed by atoms with Gasteiger partial charge >= 0.3 is 0 Å². The first-order valence-electron chi connectivity index (χ1n) is 4.33. The molecule has 0 aliphatic heterocycles. The molecule has 0 aromatic heterocycles. The Hall–Kier alpha value is -0.370. The molecule has 0 atom stereocenters. The number of hydrogen-bond acceptors (Lipinski definition) is 2. The van der Waals surface area contributed by atoms with Gasteiger partial charge in [0.05, 0.1) is 0 Å². The predicted molar refractivity (Wildman–Crippen MR) is 49.8 cm³/mol. The fourth-order valence-corrected chi connectivity index (χ4v) is 0.525. The summed E-state index contributed by atoms with van der Waals surface area (Å²) in [6, 6.07) is 0. The minimum absolute atomic E-state index is 0.351. The van der Waals surface area contributed by atoms with Crippen LogP contribution in [0.2, 0.25) is 0 Å². The topological polar surface area (TPSA) is 20.3 Å². The quantitative estimate of drug-likeness (QED) is 0.625. The highest BCUT2D eigenvalue weighted by atomic mass is 16.1. The van der Waals surface area contributed by atoms with Gasteiger partial charge in [-0.2, -0.15) is 0 Å².